The first kappa shape index (κ1) is 14.8. The fourth-order valence-electron chi connectivity index (χ4n) is 2.41. The molecule has 0 aliphatic carbocycles. The van der Waals surface area contributed by atoms with Crippen molar-refractivity contribution < 1.29 is 9.53 Å². The number of aromatic nitrogens is 1. The van der Waals surface area contributed by atoms with Gasteiger partial charge in [-0.25, -0.2) is 4.98 Å². The van der Waals surface area contributed by atoms with Gasteiger partial charge in [-0.05, 0) is 38.8 Å². The lowest BCUT2D eigenvalue weighted by Gasteiger charge is -2.24. The molecule has 1 unspecified atom stereocenters. The third-order valence-corrected chi connectivity index (χ3v) is 3.48. The van der Waals surface area contributed by atoms with Crippen LogP contribution >= 0.6 is 0 Å². The summed E-state index contributed by atoms with van der Waals surface area (Å²) in [5, 5.41) is 3.13. The van der Waals surface area contributed by atoms with E-state index in [0.29, 0.717) is 18.7 Å². The lowest BCUT2D eigenvalue weighted by Crippen LogP contribution is -2.37. The number of ether oxygens (including phenoxy) is 1. The van der Waals surface area contributed by atoms with E-state index in [2.05, 4.69) is 10.3 Å². The first-order valence-electron chi connectivity index (χ1n) is 7.35. The zero-order valence-electron chi connectivity index (χ0n) is 12.3. The molecule has 1 saturated heterocycles. The standard InChI is InChI=1S/C15H23N3O2/c1-3-16-14-10-12(7-8-17-14)15(19)18(4-2)11-13-6-5-9-20-13/h7-8,10,13H,3-6,9,11H2,1-2H3,(H,16,17). The average molecular weight is 277 g/mol. The minimum Gasteiger partial charge on any atom is -0.376 e. The van der Waals surface area contributed by atoms with Crippen LogP contribution in [0.4, 0.5) is 5.82 Å². The molecule has 1 atom stereocenters. The third-order valence-electron chi connectivity index (χ3n) is 3.48. The van der Waals surface area contributed by atoms with E-state index in [0.717, 1.165) is 31.8 Å². The number of carbonyl (C=O) groups excluding carboxylic acids is 1. The Labute approximate surface area is 120 Å². The fourth-order valence-corrected chi connectivity index (χ4v) is 2.41. The maximum Gasteiger partial charge on any atom is 0.254 e. The van der Waals surface area contributed by atoms with Crippen molar-refractivity contribution in [1.82, 2.24) is 9.88 Å². The van der Waals surface area contributed by atoms with Crippen molar-refractivity contribution in [3.8, 4) is 0 Å². The van der Waals surface area contributed by atoms with Gasteiger partial charge >= 0.3 is 0 Å². The maximum absolute atomic E-state index is 12.5. The van der Waals surface area contributed by atoms with Crippen molar-refractivity contribution >= 4 is 11.7 Å². The molecule has 5 heteroatoms. The number of hydrogen-bond donors (Lipinski definition) is 1. The molecule has 5 nitrogen and oxygen atoms in total. The maximum atomic E-state index is 12.5. The fraction of sp³-hybridized carbons (Fsp3) is 0.600. The van der Waals surface area contributed by atoms with Gasteiger partial charge in [0.05, 0.1) is 6.10 Å². The number of likely N-dealkylation sites (N-methyl/N-ethyl adjacent to an activating group) is 1. The van der Waals surface area contributed by atoms with Crippen LogP contribution in [-0.4, -0.2) is 48.1 Å². The van der Waals surface area contributed by atoms with Crippen molar-refractivity contribution in [2.75, 3.05) is 31.6 Å². The second kappa shape index (κ2) is 7.24. The summed E-state index contributed by atoms with van der Waals surface area (Å²) in [6.45, 7) is 6.98. The van der Waals surface area contributed by atoms with Crippen molar-refractivity contribution in [2.45, 2.75) is 32.8 Å². The molecule has 1 fully saturated rings. The molecule has 20 heavy (non-hydrogen) atoms. The number of anilines is 1. The topological polar surface area (TPSA) is 54.5 Å². The van der Waals surface area contributed by atoms with E-state index in [1.54, 1.807) is 12.3 Å². The van der Waals surface area contributed by atoms with Gasteiger partial charge in [0.15, 0.2) is 0 Å². The number of nitrogens with zero attached hydrogens (tertiary/aromatic N) is 2. The van der Waals surface area contributed by atoms with E-state index < -0.39 is 0 Å². The van der Waals surface area contributed by atoms with Gasteiger partial charge in [-0.3, -0.25) is 4.79 Å². The number of rotatable bonds is 6. The molecular weight excluding hydrogens is 254 g/mol. The molecule has 1 aliphatic rings. The van der Waals surface area contributed by atoms with Gasteiger partial charge in [0.2, 0.25) is 0 Å². The summed E-state index contributed by atoms with van der Waals surface area (Å²) in [6.07, 6.45) is 4.00. The van der Waals surface area contributed by atoms with Gasteiger partial charge in [-0.15, -0.1) is 0 Å². The lowest BCUT2D eigenvalue weighted by atomic mass is 10.2. The molecular formula is C15H23N3O2. The number of nitrogens with one attached hydrogen (secondary N) is 1. The Bertz CT molecular complexity index is 444. The first-order chi connectivity index (χ1) is 9.74. The van der Waals surface area contributed by atoms with E-state index in [1.165, 1.54) is 0 Å². The molecule has 2 rings (SSSR count). The molecule has 1 amide bonds. The molecule has 0 saturated carbocycles. The average Bonchev–Trinajstić information content (AvgIpc) is 2.98. The quantitative estimate of drug-likeness (QED) is 0.865. The summed E-state index contributed by atoms with van der Waals surface area (Å²) in [6, 6.07) is 3.57. The SMILES string of the molecule is CCNc1cc(C(=O)N(CC)CC2CCCO2)ccn1. The highest BCUT2D eigenvalue weighted by Gasteiger charge is 2.22. The van der Waals surface area contributed by atoms with Crippen molar-refractivity contribution in [1.29, 1.82) is 0 Å². The van der Waals surface area contributed by atoms with E-state index in [9.17, 15) is 4.79 Å². The van der Waals surface area contributed by atoms with Crippen LogP contribution in [0.2, 0.25) is 0 Å². The monoisotopic (exact) mass is 277 g/mol. The highest BCUT2D eigenvalue weighted by molar-refractivity contribution is 5.94. The second-order valence-corrected chi connectivity index (χ2v) is 4.94. The van der Waals surface area contributed by atoms with Gasteiger partial charge in [-0.1, -0.05) is 0 Å². The Morgan fingerprint density at radius 1 is 1.55 bits per heavy atom. The largest absolute Gasteiger partial charge is 0.376 e. The van der Waals surface area contributed by atoms with E-state index in [1.807, 2.05) is 24.8 Å². The second-order valence-electron chi connectivity index (χ2n) is 4.94. The number of hydrogen-bond acceptors (Lipinski definition) is 4. The van der Waals surface area contributed by atoms with Crippen LogP contribution < -0.4 is 5.32 Å². The number of carbonyl (C=O) groups is 1. The van der Waals surface area contributed by atoms with Gasteiger partial charge in [0, 0.05) is 38.0 Å². The Balaban J connectivity index is 2.04. The summed E-state index contributed by atoms with van der Waals surface area (Å²) in [5.41, 5.74) is 0.677. The van der Waals surface area contributed by atoms with Crippen LogP contribution in [0.5, 0.6) is 0 Å². The lowest BCUT2D eigenvalue weighted by molar-refractivity contribution is 0.0539. The third kappa shape index (κ3) is 3.70. The summed E-state index contributed by atoms with van der Waals surface area (Å²) in [4.78, 5) is 18.6. The highest BCUT2D eigenvalue weighted by Crippen LogP contribution is 2.15. The molecule has 1 aromatic heterocycles. The Morgan fingerprint density at radius 3 is 3.05 bits per heavy atom. The Kier molecular flexibility index (Phi) is 5.35. The minimum absolute atomic E-state index is 0.0459. The zero-order chi connectivity index (χ0) is 14.4. The predicted molar refractivity (Wildman–Crippen MR) is 79.0 cm³/mol. The first-order valence-corrected chi connectivity index (χ1v) is 7.35. The highest BCUT2D eigenvalue weighted by atomic mass is 16.5. The van der Waals surface area contributed by atoms with Crippen LogP contribution in [0, 0.1) is 0 Å². The Hall–Kier alpha value is -1.62. The summed E-state index contributed by atoms with van der Waals surface area (Å²) >= 11 is 0. The van der Waals surface area contributed by atoms with Crippen LogP contribution in [-0.2, 0) is 4.74 Å². The van der Waals surface area contributed by atoms with Gasteiger partial charge < -0.3 is 15.0 Å². The molecule has 110 valence electrons. The van der Waals surface area contributed by atoms with Crippen LogP contribution in [0.1, 0.15) is 37.0 Å². The molecule has 0 aromatic carbocycles. The molecule has 0 radical (unpaired) electrons. The van der Waals surface area contributed by atoms with E-state index in [4.69, 9.17) is 4.74 Å². The minimum atomic E-state index is 0.0459. The van der Waals surface area contributed by atoms with Crippen molar-refractivity contribution in [3.05, 3.63) is 23.9 Å². The predicted octanol–water partition coefficient (Wildman–Crippen LogP) is 2.15. The molecule has 1 aromatic rings. The Morgan fingerprint density at radius 2 is 2.40 bits per heavy atom. The van der Waals surface area contributed by atoms with Gasteiger partial charge in [0.1, 0.15) is 5.82 Å². The smallest absolute Gasteiger partial charge is 0.254 e. The summed E-state index contributed by atoms with van der Waals surface area (Å²) in [5.74, 6) is 0.788. The number of pyridine rings is 1. The van der Waals surface area contributed by atoms with E-state index >= 15 is 0 Å². The van der Waals surface area contributed by atoms with E-state index in [-0.39, 0.29) is 12.0 Å². The molecule has 1 aliphatic heterocycles. The van der Waals surface area contributed by atoms with Crippen molar-refractivity contribution in [2.24, 2.45) is 0 Å². The summed E-state index contributed by atoms with van der Waals surface area (Å²) in [7, 11) is 0. The van der Waals surface area contributed by atoms with Crippen molar-refractivity contribution in [3.63, 3.8) is 0 Å². The van der Waals surface area contributed by atoms with Crippen LogP contribution in [0.3, 0.4) is 0 Å². The molecule has 0 bridgehead atoms. The number of amides is 1. The summed E-state index contributed by atoms with van der Waals surface area (Å²) < 4.78 is 5.62. The van der Waals surface area contributed by atoms with Crippen LogP contribution in [0.15, 0.2) is 18.3 Å². The molecule has 2 heterocycles. The molecule has 1 N–H and O–H groups in total. The normalized spacial score (nSPS) is 18.0. The molecule has 0 spiro atoms. The van der Waals surface area contributed by atoms with Gasteiger partial charge in [-0.2, -0.15) is 0 Å². The van der Waals surface area contributed by atoms with Crippen LogP contribution in [0.25, 0.3) is 0 Å². The van der Waals surface area contributed by atoms with Gasteiger partial charge in [0.25, 0.3) is 5.91 Å². The zero-order valence-corrected chi connectivity index (χ0v) is 12.3.